The zero-order valence-corrected chi connectivity index (χ0v) is 13.5. The molecule has 3 heteroatoms. The largest absolute Gasteiger partial charge is 0.466 e. The van der Waals surface area contributed by atoms with Crippen LogP contribution in [0.1, 0.15) is 46.7 Å². The molecule has 0 aliphatic carbocycles. The molecule has 1 N–H and O–H groups in total. The Morgan fingerprint density at radius 2 is 1.86 bits per heavy atom. The Hall–Kier alpha value is -1.61. The number of rotatable bonds is 5. The molecule has 1 heterocycles. The van der Waals surface area contributed by atoms with E-state index >= 15 is 0 Å². The summed E-state index contributed by atoms with van der Waals surface area (Å²) in [4.78, 5) is 0. The van der Waals surface area contributed by atoms with Crippen molar-refractivity contribution in [1.82, 2.24) is 5.32 Å². The molecule has 0 saturated carbocycles. The summed E-state index contributed by atoms with van der Waals surface area (Å²) in [7, 11) is 0. The first-order chi connectivity index (χ1) is 9.93. The summed E-state index contributed by atoms with van der Waals surface area (Å²) in [6.45, 7) is 11.0. The SMILES string of the molecule is CCNC(Cc1cc(F)ccc1C)c1c(C)oc(C)c1C. The van der Waals surface area contributed by atoms with E-state index in [0.29, 0.717) is 0 Å². The minimum Gasteiger partial charge on any atom is -0.466 e. The molecule has 1 aromatic heterocycles. The summed E-state index contributed by atoms with van der Waals surface area (Å²) in [5.41, 5.74) is 4.55. The monoisotopic (exact) mass is 289 g/mol. The molecule has 2 nitrogen and oxygen atoms in total. The van der Waals surface area contributed by atoms with Crippen LogP contribution in [0.4, 0.5) is 4.39 Å². The van der Waals surface area contributed by atoms with Crippen molar-refractivity contribution in [2.45, 2.75) is 47.1 Å². The smallest absolute Gasteiger partial charge is 0.123 e. The van der Waals surface area contributed by atoms with Crippen molar-refractivity contribution in [1.29, 1.82) is 0 Å². The lowest BCUT2D eigenvalue weighted by atomic mass is 9.93. The van der Waals surface area contributed by atoms with Gasteiger partial charge in [0, 0.05) is 11.6 Å². The first-order valence-electron chi connectivity index (χ1n) is 7.49. The zero-order chi connectivity index (χ0) is 15.6. The van der Waals surface area contributed by atoms with Gasteiger partial charge >= 0.3 is 0 Å². The molecule has 2 rings (SSSR count). The van der Waals surface area contributed by atoms with Gasteiger partial charge in [-0.05, 0) is 69.5 Å². The average molecular weight is 289 g/mol. The Labute approximate surface area is 126 Å². The van der Waals surface area contributed by atoms with Gasteiger partial charge in [-0.15, -0.1) is 0 Å². The molecule has 0 fully saturated rings. The number of nitrogens with one attached hydrogen (secondary N) is 1. The van der Waals surface area contributed by atoms with Crippen LogP contribution in [0.25, 0.3) is 0 Å². The zero-order valence-electron chi connectivity index (χ0n) is 13.5. The van der Waals surface area contributed by atoms with Gasteiger partial charge in [0.05, 0.1) is 0 Å². The van der Waals surface area contributed by atoms with Gasteiger partial charge in [0.25, 0.3) is 0 Å². The highest BCUT2D eigenvalue weighted by Gasteiger charge is 2.21. The highest BCUT2D eigenvalue weighted by atomic mass is 19.1. The van der Waals surface area contributed by atoms with Crippen molar-refractivity contribution in [2.75, 3.05) is 6.54 Å². The summed E-state index contributed by atoms with van der Waals surface area (Å²) in [5, 5.41) is 3.51. The van der Waals surface area contributed by atoms with Crippen LogP contribution in [0.5, 0.6) is 0 Å². The maximum absolute atomic E-state index is 13.5. The molecule has 0 amide bonds. The Kier molecular flexibility index (Phi) is 4.84. The number of likely N-dealkylation sites (N-methyl/N-ethyl adjacent to an activating group) is 1. The lowest BCUT2D eigenvalue weighted by Gasteiger charge is -2.20. The van der Waals surface area contributed by atoms with Crippen molar-refractivity contribution in [3.05, 3.63) is 57.8 Å². The topological polar surface area (TPSA) is 25.2 Å². The second-order valence-electron chi connectivity index (χ2n) is 5.64. The maximum Gasteiger partial charge on any atom is 0.123 e. The summed E-state index contributed by atoms with van der Waals surface area (Å²) >= 11 is 0. The van der Waals surface area contributed by atoms with Gasteiger partial charge in [0.1, 0.15) is 17.3 Å². The second kappa shape index (κ2) is 6.44. The molecule has 1 atom stereocenters. The third-order valence-electron chi connectivity index (χ3n) is 4.15. The Morgan fingerprint density at radius 1 is 1.14 bits per heavy atom. The normalized spacial score (nSPS) is 12.7. The minimum absolute atomic E-state index is 0.146. The van der Waals surface area contributed by atoms with Crippen LogP contribution < -0.4 is 5.32 Å². The van der Waals surface area contributed by atoms with Crippen molar-refractivity contribution in [2.24, 2.45) is 0 Å². The van der Waals surface area contributed by atoms with Crippen LogP contribution in [0.3, 0.4) is 0 Å². The number of hydrogen-bond donors (Lipinski definition) is 1. The number of furan rings is 1. The number of benzene rings is 1. The standard InChI is InChI=1S/C18H24FNO/c1-6-20-17(18-12(3)13(4)21-14(18)5)10-15-9-16(19)8-7-11(15)2/h7-9,17,20H,6,10H2,1-5H3. The van der Waals surface area contributed by atoms with E-state index in [1.807, 2.05) is 26.8 Å². The second-order valence-corrected chi connectivity index (χ2v) is 5.64. The fourth-order valence-electron chi connectivity index (χ4n) is 2.92. The Bertz CT molecular complexity index is 630. The van der Waals surface area contributed by atoms with Gasteiger partial charge in [-0.2, -0.15) is 0 Å². The van der Waals surface area contributed by atoms with Crippen molar-refractivity contribution >= 4 is 0 Å². The van der Waals surface area contributed by atoms with Gasteiger partial charge < -0.3 is 9.73 Å². The van der Waals surface area contributed by atoms with Crippen LogP contribution in [-0.2, 0) is 6.42 Å². The predicted molar refractivity (Wildman–Crippen MR) is 84.2 cm³/mol. The fraction of sp³-hybridized carbons (Fsp3) is 0.444. The first kappa shape index (κ1) is 15.8. The molecule has 114 valence electrons. The fourth-order valence-corrected chi connectivity index (χ4v) is 2.92. The number of hydrogen-bond acceptors (Lipinski definition) is 2. The summed E-state index contributed by atoms with van der Waals surface area (Å²) in [6, 6.07) is 5.14. The molecule has 0 bridgehead atoms. The lowest BCUT2D eigenvalue weighted by molar-refractivity contribution is 0.484. The third-order valence-corrected chi connectivity index (χ3v) is 4.15. The highest BCUT2D eigenvalue weighted by Crippen LogP contribution is 2.30. The summed E-state index contributed by atoms with van der Waals surface area (Å²) in [5.74, 6) is 1.73. The molecule has 1 aromatic carbocycles. The highest BCUT2D eigenvalue weighted by molar-refractivity contribution is 5.37. The molecule has 0 saturated heterocycles. The summed E-state index contributed by atoms with van der Waals surface area (Å²) in [6.07, 6.45) is 0.762. The van der Waals surface area contributed by atoms with E-state index in [1.165, 1.54) is 17.2 Å². The predicted octanol–water partition coefficient (Wildman–Crippen LogP) is 4.55. The van der Waals surface area contributed by atoms with Crippen LogP contribution >= 0.6 is 0 Å². The molecule has 0 radical (unpaired) electrons. The molecule has 1 unspecified atom stereocenters. The average Bonchev–Trinajstić information content (AvgIpc) is 2.67. The van der Waals surface area contributed by atoms with E-state index in [0.717, 1.165) is 35.6 Å². The lowest BCUT2D eigenvalue weighted by Crippen LogP contribution is -2.24. The summed E-state index contributed by atoms with van der Waals surface area (Å²) < 4.78 is 19.3. The molecular formula is C18H24FNO. The van der Waals surface area contributed by atoms with Crippen LogP contribution in [0.2, 0.25) is 0 Å². The van der Waals surface area contributed by atoms with E-state index < -0.39 is 0 Å². The van der Waals surface area contributed by atoms with Crippen LogP contribution in [-0.4, -0.2) is 6.54 Å². The molecule has 0 spiro atoms. The maximum atomic E-state index is 13.5. The van der Waals surface area contributed by atoms with E-state index in [2.05, 4.69) is 19.2 Å². The Morgan fingerprint density at radius 3 is 2.43 bits per heavy atom. The molecule has 0 aliphatic heterocycles. The van der Waals surface area contributed by atoms with E-state index in [1.54, 1.807) is 6.07 Å². The van der Waals surface area contributed by atoms with Gasteiger partial charge in [-0.1, -0.05) is 13.0 Å². The van der Waals surface area contributed by atoms with E-state index in [9.17, 15) is 4.39 Å². The molecule has 2 aromatic rings. The van der Waals surface area contributed by atoms with Gasteiger partial charge in [-0.3, -0.25) is 0 Å². The number of halogens is 1. The van der Waals surface area contributed by atoms with Crippen molar-refractivity contribution in [3.8, 4) is 0 Å². The van der Waals surface area contributed by atoms with Crippen LogP contribution in [0, 0.1) is 33.5 Å². The van der Waals surface area contributed by atoms with Crippen molar-refractivity contribution < 1.29 is 8.81 Å². The molecule has 21 heavy (non-hydrogen) atoms. The van der Waals surface area contributed by atoms with E-state index in [4.69, 9.17) is 4.42 Å². The van der Waals surface area contributed by atoms with E-state index in [-0.39, 0.29) is 11.9 Å². The quantitative estimate of drug-likeness (QED) is 0.873. The Balaban J connectivity index is 2.37. The van der Waals surface area contributed by atoms with Gasteiger partial charge in [0.15, 0.2) is 0 Å². The minimum atomic E-state index is -0.178. The molecule has 0 aliphatic rings. The van der Waals surface area contributed by atoms with Crippen LogP contribution in [0.15, 0.2) is 22.6 Å². The first-order valence-corrected chi connectivity index (χ1v) is 7.49. The third kappa shape index (κ3) is 3.35. The van der Waals surface area contributed by atoms with Gasteiger partial charge in [-0.25, -0.2) is 4.39 Å². The van der Waals surface area contributed by atoms with Crippen molar-refractivity contribution in [3.63, 3.8) is 0 Å². The van der Waals surface area contributed by atoms with Gasteiger partial charge in [0.2, 0.25) is 0 Å². The number of aryl methyl sites for hydroxylation is 3. The molecular weight excluding hydrogens is 265 g/mol.